The van der Waals surface area contributed by atoms with Gasteiger partial charge < -0.3 is 10.1 Å². The fourth-order valence-electron chi connectivity index (χ4n) is 1.67. The van der Waals surface area contributed by atoms with E-state index in [4.69, 9.17) is 16.3 Å². The minimum absolute atomic E-state index is 0.0460. The molecular formula is C12H7ClF3NO4. The van der Waals surface area contributed by atoms with Crippen molar-refractivity contribution in [3.63, 3.8) is 0 Å². The monoisotopic (exact) mass is 321 g/mol. The molecule has 1 heterocycles. The van der Waals surface area contributed by atoms with Gasteiger partial charge in [0.05, 0.1) is 17.1 Å². The summed E-state index contributed by atoms with van der Waals surface area (Å²) in [7, 11) is 0. The van der Waals surface area contributed by atoms with Gasteiger partial charge in [0.2, 0.25) is 5.78 Å². The Labute approximate surface area is 121 Å². The van der Waals surface area contributed by atoms with Crippen molar-refractivity contribution in [3.05, 3.63) is 22.7 Å². The Bertz CT molecular complexity index is 642. The number of halogens is 4. The summed E-state index contributed by atoms with van der Waals surface area (Å²) in [6.07, 6.45) is -6.40. The molecule has 0 fully saturated rings. The summed E-state index contributed by atoms with van der Waals surface area (Å²) >= 11 is 5.83. The molecular weight excluding hydrogens is 315 g/mol. The lowest BCUT2D eigenvalue weighted by atomic mass is 10.0. The number of ether oxygens (including phenoxy) is 1. The molecule has 1 amide bonds. The van der Waals surface area contributed by atoms with E-state index in [1.54, 1.807) is 0 Å². The molecule has 112 valence electrons. The van der Waals surface area contributed by atoms with Crippen LogP contribution in [0.4, 0.5) is 18.9 Å². The van der Waals surface area contributed by atoms with Gasteiger partial charge in [0.15, 0.2) is 18.1 Å². The molecule has 0 unspecified atom stereocenters. The number of benzene rings is 1. The highest BCUT2D eigenvalue weighted by molar-refractivity contribution is 6.33. The third-order valence-corrected chi connectivity index (χ3v) is 2.91. The second-order valence-electron chi connectivity index (χ2n) is 4.19. The lowest BCUT2D eigenvalue weighted by molar-refractivity contribution is -0.170. The number of hydrogen-bond donors (Lipinski definition) is 1. The quantitative estimate of drug-likeness (QED) is 0.685. The standard InChI is InChI=1S/C12H7ClF3NO4/c13-6-1-5(8(18)3-9(19)12(14,15)16)2-7-11(6)21-4-10(20)17-7/h1-2H,3-4H2,(H,17,20). The summed E-state index contributed by atoms with van der Waals surface area (Å²) in [4.78, 5) is 33.6. The SMILES string of the molecule is O=C1COc2c(Cl)cc(C(=O)CC(=O)C(F)(F)F)cc2N1. The molecule has 0 saturated carbocycles. The van der Waals surface area contributed by atoms with E-state index in [2.05, 4.69) is 5.32 Å². The summed E-state index contributed by atoms with van der Waals surface area (Å²) in [5.41, 5.74) is -0.149. The minimum Gasteiger partial charge on any atom is -0.480 e. The van der Waals surface area contributed by atoms with Crippen molar-refractivity contribution in [3.8, 4) is 5.75 Å². The summed E-state index contributed by atoms with van der Waals surface area (Å²) in [5.74, 6) is -3.58. The molecule has 1 aliphatic rings. The van der Waals surface area contributed by atoms with Crippen LogP contribution in [0.25, 0.3) is 0 Å². The zero-order valence-electron chi connectivity index (χ0n) is 10.2. The van der Waals surface area contributed by atoms with Crippen LogP contribution in [0.1, 0.15) is 16.8 Å². The van der Waals surface area contributed by atoms with Crippen LogP contribution in [0.15, 0.2) is 12.1 Å². The third kappa shape index (κ3) is 3.33. The first kappa shape index (κ1) is 15.3. The number of alkyl halides is 3. The van der Waals surface area contributed by atoms with Crippen LogP contribution >= 0.6 is 11.6 Å². The van der Waals surface area contributed by atoms with E-state index >= 15 is 0 Å². The van der Waals surface area contributed by atoms with Crippen LogP contribution in [-0.4, -0.2) is 30.3 Å². The van der Waals surface area contributed by atoms with Gasteiger partial charge in [0, 0.05) is 5.56 Å². The van der Waals surface area contributed by atoms with Crippen molar-refractivity contribution in [2.24, 2.45) is 0 Å². The molecule has 0 saturated heterocycles. The summed E-state index contributed by atoms with van der Waals surface area (Å²) in [5, 5.41) is 2.33. The molecule has 0 spiro atoms. The predicted octanol–water partition coefficient (Wildman–Crippen LogP) is 2.38. The number of ketones is 2. The van der Waals surface area contributed by atoms with Gasteiger partial charge in [-0.25, -0.2) is 0 Å². The average molecular weight is 322 g/mol. The zero-order chi connectivity index (χ0) is 15.8. The van der Waals surface area contributed by atoms with Gasteiger partial charge in [-0.3, -0.25) is 14.4 Å². The third-order valence-electron chi connectivity index (χ3n) is 2.62. The molecule has 1 N–H and O–H groups in total. The summed E-state index contributed by atoms with van der Waals surface area (Å²) < 4.78 is 41.4. The Hall–Kier alpha value is -2.09. The fourth-order valence-corrected chi connectivity index (χ4v) is 1.94. The van der Waals surface area contributed by atoms with Gasteiger partial charge in [-0.1, -0.05) is 11.6 Å². The van der Waals surface area contributed by atoms with Crippen molar-refractivity contribution in [2.45, 2.75) is 12.6 Å². The van der Waals surface area contributed by atoms with Gasteiger partial charge in [0.25, 0.3) is 5.91 Å². The predicted molar refractivity (Wildman–Crippen MR) is 65.6 cm³/mol. The Morgan fingerprint density at radius 3 is 2.62 bits per heavy atom. The topological polar surface area (TPSA) is 72.5 Å². The maximum Gasteiger partial charge on any atom is 0.450 e. The van der Waals surface area contributed by atoms with Crippen molar-refractivity contribution < 1.29 is 32.3 Å². The lowest BCUT2D eigenvalue weighted by Crippen LogP contribution is -2.27. The summed E-state index contributed by atoms with van der Waals surface area (Å²) in [6.45, 7) is -0.257. The molecule has 0 aromatic heterocycles. The number of nitrogens with one attached hydrogen (secondary N) is 1. The van der Waals surface area contributed by atoms with E-state index in [1.165, 1.54) is 0 Å². The number of amides is 1. The Balaban J connectivity index is 2.27. The number of Topliss-reactive ketones (excluding diaryl/α,β-unsaturated/α-hetero) is 2. The normalized spacial score (nSPS) is 14.0. The van der Waals surface area contributed by atoms with E-state index in [0.29, 0.717) is 0 Å². The van der Waals surface area contributed by atoms with E-state index in [1.807, 2.05) is 0 Å². The number of fused-ring (bicyclic) bond motifs is 1. The highest BCUT2D eigenvalue weighted by Crippen LogP contribution is 2.37. The molecule has 1 aromatic carbocycles. The largest absolute Gasteiger partial charge is 0.480 e. The average Bonchev–Trinajstić information content (AvgIpc) is 2.36. The van der Waals surface area contributed by atoms with Crippen molar-refractivity contribution in [2.75, 3.05) is 11.9 Å². The van der Waals surface area contributed by atoms with Crippen LogP contribution in [0.3, 0.4) is 0 Å². The Morgan fingerprint density at radius 1 is 1.33 bits per heavy atom. The minimum atomic E-state index is -5.08. The fraction of sp³-hybridized carbons (Fsp3) is 0.250. The molecule has 5 nitrogen and oxygen atoms in total. The number of anilines is 1. The molecule has 21 heavy (non-hydrogen) atoms. The lowest BCUT2D eigenvalue weighted by Gasteiger charge is -2.19. The van der Waals surface area contributed by atoms with Crippen molar-refractivity contribution >= 4 is 34.8 Å². The van der Waals surface area contributed by atoms with E-state index in [-0.39, 0.29) is 28.6 Å². The van der Waals surface area contributed by atoms with Gasteiger partial charge in [-0.15, -0.1) is 0 Å². The molecule has 0 atom stereocenters. The van der Waals surface area contributed by atoms with Crippen LogP contribution < -0.4 is 10.1 Å². The first-order valence-electron chi connectivity index (χ1n) is 5.58. The zero-order valence-corrected chi connectivity index (χ0v) is 11.0. The van der Waals surface area contributed by atoms with Gasteiger partial charge >= 0.3 is 6.18 Å². The van der Waals surface area contributed by atoms with Gasteiger partial charge in [-0.05, 0) is 12.1 Å². The first-order chi connectivity index (χ1) is 9.68. The number of carbonyl (C=O) groups is 3. The van der Waals surface area contributed by atoms with E-state index < -0.39 is 30.1 Å². The second kappa shape index (κ2) is 5.36. The molecule has 2 rings (SSSR count). The van der Waals surface area contributed by atoms with Crippen molar-refractivity contribution in [1.82, 2.24) is 0 Å². The molecule has 1 aromatic rings. The van der Waals surface area contributed by atoms with Crippen LogP contribution in [0.2, 0.25) is 5.02 Å². The van der Waals surface area contributed by atoms with Crippen molar-refractivity contribution in [1.29, 1.82) is 0 Å². The molecule has 1 aliphatic heterocycles. The number of hydrogen-bond acceptors (Lipinski definition) is 4. The van der Waals surface area contributed by atoms with Crippen LogP contribution in [0.5, 0.6) is 5.75 Å². The Kier molecular flexibility index (Phi) is 3.91. The maximum absolute atomic E-state index is 12.1. The van der Waals surface area contributed by atoms with E-state index in [9.17, 15) is 27.6 Å². The highest BCUT2D eigenvalue weighted by Gasteiger charge is 2.39. The smallest absolute Gasteiger partial charge is 0.450 e. The first-order valence-corrected chi connectivity index (χ1v) is 5.95. The number of carbonyl (C=O) groups excluding carboxylic acids is 3. The number of rotatable bonds is 3. The van der Waals surface area contributed by atoms with Gasteiger partial charge in [-0.2, -0.15) is 13.2 Å². The second-order valence-corrected chi connectivity index (χ2v) is 4.60. The molecule has 0 radical (unpaired) electrons. The molecule has 0 bridgehead atoms. The molecule has 0 aliphatic carbocycles. The van der Waals surface area contributed by atoms with Crippen LogP contribution in [-0.2, 0) is 9.59 Å². The van der Waals surface area contributed by atoms with Gasteiger partial charge in [0.1, 0.15) is 0 Å². The van der Waals surface area contributed by atoms with Crippen LogP contribution in [0, 0.1) is 0 Å². The maximum atomic E-state index is 12.1. The highest BCUT2D eigenvalue weighted by atomic mass is 35.5. The molecule has 9 heteroatoms. The Morgan fingerprint density at radius 2 is 2.00 bits per heavy atom. The van der Waals surface area contributed by atoms with E-state index in [0.717, 1.165) is 12.1 Å². The summed E-state index contributed by atoms with van der Waals surface area (Å²) in [6, 6.07) is 2.20.